The highest BCUT2D eigenvalue weighted by Gasteiger charge is 2.27. The van der Waals surface area contributed by atoms with Crippen LogP contribution in [0.2, 0.25) is 5.31 Å². The minimum Gasteiger partial charge on any atom is -0.303 e. The molecule has 0 spiro atoms. The highest BCUT2D eigenvalue weighted by molar-refractivity contribution is 6.17. The van der Waals surface area contributed by atoms with Gasteiger partial charge in [0.05, 0.1) is 6.07 Å². The fourth-order valence-electron chi connectivity index (χ4n) is 1.78. The average Bonchev–Trinajstić information content (AvgIpc) is 2.28. The molecule has 0 N–H and O–H groups in total. The third-order valence-electron chi connectivity index (χ3n) is 2.83. The van der Waals surface area contributed by atoms with Gasteiger partial charge in [0.15, 0.2) is 0 Å². The van der Waals surface area contributed by atoms with Crippen LogP contribution in [0.15, 0.2) is 0 Å². The second-order valence-electron chi connectivity index (χ2n) is 4.00. The molecule has 0 aromatic carbocycles. The second kappa shape index (κ2) is 3.75. The first kappa shape index (κ1) is 9.31. The molecule has 1 aliphatic carbocycles. The topological polar surface area (TPSA) is 40.9 Å². The van der Waals surface area contributed by atoms with Crippen molar-refractivity contribution in [1.82, 2.24) is 0 Å². The summed E-state index contributed by atoms with van der Waals surface area (Å²) in [5.74, 6) is 0.208. The van der Waals surface area contributed by atoms with Crippen molar-refractivity contribution in [3.8, 4) is 6.07 Å². The molecule has 0 aliphatic heterocycles. The lowest BCUT2D eigenvalue weighted by molar-refractivity contribution is -0.111. The predicted molar refractivity (Wildman–Crippen MR) is 49.5 cm³/mol. The molecule has 1 fully saturated rings. The molecule has 2 unspecified atom stereocenters. The largest absolute Gasteiger partial charge is 0.303 e. The monoisotopic (exact) mass is 163 g/mol. The molecule has 0 bridgehead atoms. The van der Waals surface area contributed by atoms with Gasteiger partial charge in [-0.25, -0.2) is 0 Å². The molecule has 0 amide bonds. The summed E-state index contributed by atoms with van der Waals surface area (Å²) >= 11 is 0. The minimum absolute atomic E-state index is 0.169. The van der Waals surface area contributed by atoms with Crippen LogP contribution in [0.3, 0.4) is 0 Å². The Balaban J connectivity index is 2.56. The standard InChI is InChI=1S/C9H14BNO/c10-9(7-11)4-1-2-8(6-12)3-5-9/h6,8H,1-5,10H2. The van der Waals surface area contributed by atoms with E-state index >= 15 is 0 Å². The molecule has 2 nitrogen and oxygen atoms in total. The summed E-state index contributed by atoms with van der Waals surface area (Å²) in [4.78, 5) is 10.5. The van der Waals surface area contributed by atoms with Gasteiger partial charge in [0.1, 0.15) is 14.1 Å². The van der Waals surface area contributed by atoms with Crippen LogP contribution in [0.4, 0.5) is 0 Å². The van der Waals surface area contributed by atoms with Crippen LogP contribution in [-0.4, -0.2) is 14.1 Å². The lowest BCUT2D eigenvalue weighted by atomic mass is 9.65. The van der Waals surface area contributed by atoms with E-state index < -0.39 is 0 Å². The quantitative estimate of drug-likeness (QED) is 0.329. The maximum atomic E-state index is 10.5. The zero-order valence-electron chi connectivity index (χ0n) is 7.55. The van der Waals surface area contributed by atoms with Gasteiger partial charge in [0.25, 0.3) is 0 Å². The Morgan fingerprint density at radius 2 is 2.25 bits per heavy atom. The molecule has 0 aromatic heterocycles. The Labute approximate surface area is 74.4 Å². The molecule has 0 radical (unpaired) electrons. The van der Waals surface area contributed by atoms with Gasteiger partial charge >= 0.3 is 0 Å². The van der Waals surface area contributed by atoms with E-state index in [2.05, 4.69) is 6.07 Å². The lowest BCUT2D eigenvalue weighted by Gasteiger charge is -2.17. The van der Waals surface area contributed by atoms with Gasteiger partial charge in [-0.3, -0.25) is 0 Å². The zero-order chi connectivity index (χ0) is 9.03. The van der Waals surface area contributed by atoms with Crippen LogP contribution in [0.25, 0.3) is 0 Å². The molecular formula is C9H14BNO. The Hall–Kier alpha value is -0.775. The Morgan fingerprint density at radius 3 is 2.83 bits per heavy atom. The van der Waals surface area contributed by atoms with Gasteiger partial charge in [-0.2, -0.15) is 5.26 Å². The van der Waals surface area contributed by atoms with Gasteiger partial charge < -0.3 is 4.79 Å². The maximum Gasteiger partial charge on any atom is 0.127 e. The Morgan fingerprint density at radius 1 is 1.50 bits per heavy atom. The van der Waals surface area contributed by atoms with Crippen molar-refractivity contribution in [3.05, 3.63) is 0 Å². The van der Waals surface area contributed by atoms with Gasteiger partial charge in [-0.1, -0.05) is 6.42 Å². The van der Waals surface area contributed by atoms with E-state index in [1.165, 1.54) is 0 Å². The number of hydrogen-bond acceptors (Lipinski definition) is 2. The van der Waals surface area contributed by atoms with Crippen LogP contribution >= 0.6 is 0 Å². The van der Waals surface area contributed by atoms with E-state index in [4.69, 9.17) is 5.26 Å². The van der Waals surface area contributed by atoms with E-state index in [-0.39, 0.29) is 11.2 Å². The number of rotatable bonds is 1. The number of hydrogen-bond donors (Lipinski definition) is 0. The van der Waals surface area contributed by atoms with Gasteiger partial charge in [-0.05, 0) is 25.7 Å². The summed E-state index contributed by atoms with van der Waals surface area (Å²) in [5, 5.41) is 8.73. The van der Waals surface area contributed by atoms with E-state index in [0.29, 0.717) is 0 Å². The van der Waals surface area contributed by atoms with Gasteiger partial charge in [0, 0.05) is 11.2 Å². The molecular weight excluding hydrogens is 149 g/mol. The van der Waals surface area contributed by atoms with Crippen molar-refractivity contribution >= 4 is 14.1 Å². The number of nitrogens with zero attached hydrogens (tertiary/aromatic N) is 1. The van der Waals surface area contributed by atoms with Crippen LogP contribution in [0.5, 0.6) is 0 Å². The fraction of sp³-hybridized carbons (Fsp3) is 0.778. The van der Waals surface area contributed by atoms with E-state index in [0.717, 1.165) is 38.4 Å². The summed E-state index contributed by atoms with van der Waals surface area (Å²) in [7, 11) is 2.00. The van der Waals surface area contributed by atoms with Crippen molar-refractivity contribution in [1.29, 1.82) is 5.26 Å². The highest BCUT2D eigenvalue weighted by atomic mass is 16.1. The molecule has 0 saturated heterocycles. The van der Waals surface area contributed by atoms with E-state index in [1.807, 2.05) is 7.85 Å². The molecule has 64 valence electrons. The molecule has 0 heterocycles. The molecule has 3 heteroatoms. The number of nitriles is 1. The maximum absolute atomic E-state index is 10.5. The van der Waals surface area contributed by atoms with Crippen molar-refractivity contribution < 1.29 is 4.79 Å². The van der Waals surface area contributed by atoms with Crippen LogP contribution in [-0.2, 0) is 4.79 Å². The smallest absolute Gasteiger partial charge is 0.127 e. The molecule has 1 aliphatic rings. The summed E-state index contributed by atoms with van der Waals surface area (Å²) in [5.41, 5.74) is 0. The summed E-state index contributed by atoms with van der Waals surface area (Å²) in [6, 6.07) is 2.35. The first-order valence-corrected chi connectivity index (χ1v) is 4.57. The number of aldehydes is 1. The Bertz CT molecular complexity index is 211. The summed E-state index contributed by atoms with van der Waals surface area (Å²) < 4.78 is 0. The second-order valence-corrected chi connectivity index (χ2v) is 4.00. The van der Waals surface area contributed by atoms with Gasteiger partial charge in [-0.15, -0.1) is 0 Å². The van der Waals surface area contributed by atoms with Crippen LogP contribution in [0.1, 0.15) is 32.1 Å². The van der Waals surface area contributed by atoms with Crippen molar-refractivity contribution in [2.45, 2.75) is 37.4 Å². The zero-order valence-corrected chi connectivity index (χ0v) is 7.55. The highest BCUT2D eigenvalue weighted by Crippen LogP contribution is 2.38. The SMILES string of the molecule is BC1(C#N)CCCC(C=O)CC1. The Kier molecular flexibility index (Phi) is 2.91. The molecule has 1 rings (SSSR count). The first-order valence-electron chi connectivity index (χ1n) is 4.57. The third-order valence-corrected chi connectivity index (χ3v) is 2.83. The van der Waals surface area contributed by atoms with Crippen molar-refractivity contribution in [2.24, 2.45) is 5.92 Å². The van der Waals surface area contributed by atoms with Crippen molar-refractivity contribution in [2.75, 3.05) is 0 Å². The molecule has 0 aromatic rings. The summed E-state index contributed by atoms with van der Waals surface area (Å²) in [6.07, 6.45) is 5.77. The van der Waals surface area contributed by atoms with E-state index in [1.54, 1.807) is 0 Å². The first-order chi connectivity index (χ1) is 5.70. The lowest BCUT2D eigenvalue weighted by Crippen LogP contribution is -2.08. The predicted octanol–water partition coefficient (Wildman–Crippen LogP) is 1.08. The van der Waals surface area contributed by atoms with Crippen LogP contribution in [0, 0.1) is 17.2 Å². The van der Waals surface area contributed by atoms with E-state index in [9.17, 15) is 4.79 Å². The van der Waals surface area contributed by atoms with Crippen molar-refractivity contribution in [3.63, 3.8) is 0 Å². The minimum atomic E-state index is -0.169. The number of carbonyl (C=O) groups excluding carboxylic acids is 1. The van der Waals surface area contributed by atoms with Crippen LogP contribution < -0.4 is 0 Å². The average molecular weight is 163 g/mol. The molecule has 2 atom stereocenters. The number of carbonyl (C=O) groups is 1. The third kappa shape index (κ3) is 2.10. The summed E-state index contributed by atoms with van der Waals surface area (Å²) in [6.45, 7) is 0. The van der Waals surface area contributed by atoms with Gasteiger partial charge in [0.2, 0.25) is 0 Å². The molecule has 12 heavy (non-hydrogen) atoms. The molecule has 1 saturated carbocycles. The normalized spacial score (nSPS) is 36.4. The fourth-order valence-corrected chi connectivity index (χ4v) is 1.78.